The number of nitrogens with zero attached hydrogens (tertiary/aromatic N) is 2. The molecule has 0 radical (unpaired) electrons. The highest BCUT2D eigenvalue weighted by Gasteiger charge is 2.08. The SMILES string of the molecule is CC(C)C(=O)NCc1cc(=O)[nH]c(-c2cccnc2)n1. The Morgan fingerprint density at radius 1 is 1.45 bits per heavy atom. The van der Waals surface area contributed by atoms with Crippen molar-refractivity contribution in [3.63, 3.8) is 0 Å². The molecule has 1 amide bonds. The third kappa shape index (κ3) is 3.50. The molecule has 0 saturated heterocycles. The van der Waals surface area contributed by atoms with Gasteiger partial charge in [0.05, 0.1) is 12.2 Å². The summed E-state index contributed by atoms with van der Waals surface area (Å²) in [7, 11) is 0. The molecule has 2 aromatic rings. The average molecular weight is 272 g/mol. The maximum absolute atomic E-state index is 11.6. The van der Waals surface area contributed by atoms with Crippen LogP contribution >= 0.6 is 0 Å². The van der Waals surface area contributed by atoms with Crippen molar-refractivity contribution < 1.29 is 4.79 Å². The van der Waals surface area contributed by atoms with Gasteiger partial charge in [0.25, 0.3) is 5.56 Å². The van der Waals surface area contributed by atoms with Gasteiger partial charge in [0.2, 0.25) is 5.91 Å². The number of rotatable bonds is 4. The minimum atomic E-state index is -0.257. The number of H-pyrrole nitrogens is 1. The van der Waals surface area contributed by atoms with Crippen LogP contribution in [0.2, 0.25) is 0 Å². The van der Waals surface area contributed by atoms with Gasteiger partial charge >= 0.3 is 0 Å². The third-order valence-corrected chi connectivity index (χ3v) is 2.70. The number of hydrogen-bond donors (Lipinski definition) is 2. The summed E-state index contributed by atoms with van der Waals surface area (Å²) in [6.45, 7) is 3.84. The maximum atomic E-state index is 11.6. The van der Waals surface area contributed by atoms with Crippen LogP contribution in [0.4, 0.5) is 0 Å². The van der Waals surface area contributed by atoms with E-state index in [0.29, 0.717) is 11.5 Å². The van der Waals surface area contributed by atoms with Gasteiger partial charge in [0, 0.05) is 29.9 Å². The molecule has 6 heteroatoms. The standard InChI is InChI=1S/C14H16N4O2/c1-9(2)14(20)16-8-11-6-12(19)18-13(17-11)10-4-3-5-15-7-10/h3-7,9H,8H2,1-2H3,(H,16,20)(H,17,18,19). The van der Waals surface area contributed by atoms with E-state index in [2.05, 4.69) is 20.3 Å². The number of pyridine rings is 1. The summed E-state index contributed by atoms with van der Waals surface area (Å²) in [4.78, 5) is 34.1. The fourth-order valence-electron chi connectivity index (χ4n) is 1.62. The van der Waals surface area contributed by atoms with Crippen LogP contribution in [-0.4, -0.2) is 20.9 Å². The monoisotopic (exact) mass is 272 g/mol. The summed E-state index contributed by atoms with van der Waals surface area (Å²) in [5.74, 6) is 0.268. The summed E-state index contributed by atoms with van der Waals surface area (Å²) in [5, 5.41) is 2.73. The van der Waals surface area contributed by atoms with Crippen molar-refractivity contribution in [3.8, 4) is 11.4 Å². The van der Waals surface area contributed by atoms with E-state index in [1.807, 2.05) is 19.9 Å². The normalized spacial score (nSPS) is 10.6. The topological polar surface area (TPSA) is 87.7 Å². The zero-order valence-corrected chi connectivity index (χ0v) is 11.4. The first kappa shape index (κ1) is 13.9. The van der Waals surface area contributed by atoms with Crippen molar-refractivity contribution in [3.05, 3.63) is 46.6 Å². The van der Waals surface area contributed by atoms with Gasteiger partial charge in [-0.25, -0.2) is 4.98 Å². The Morgan fingerprint density at radius 3 is 2.90 bits per heavy atom. The Kier molecular flexibility index (Phi) is 4.24. The van der Waals surface area contributed by atoms with Crippen LogP contribution < -0.4 is 10.9 Å². The quantitative estimate of drug-likeness (QED) is 0.872. The van der Waals surface area contributed by atoms with E-state index < -0.39 is 0 Å². The molecule has 6 nitrogen and oxygen atoms in total. The fourth-order valence-corrected chi connectivity index (χ4v) is 1.62. The molecule has 0 aliphatic carbocycles. The second-order valence-electron chi connectivity index (χ2n) is 4.70. The van der Waals surface area contributed by atoms with Gasteiger partial charge < -0.3 is 10.3 Å². The highest BCUT2D eigenvalue weighted by atomic mass is 16.1. The van der Waals surface area contributed by atoms with Crippen molar-refractivity contribution in [2.75, 3.05) is 0 Å². The molecule has 2 N–H and O–H groups in total. The van der Waals surface area contributed by atoms with Gasteiger partial charge in [-0.2, -0.15) is 0 Å². The maximum Gasteiger partial charge on any atom is 0.251 e. The number of nitrogens with one attached hydrogen (secondary N) is 2. The third-order valence-electron chi connectivity index (χ3n) is 2.70. The lowest BCUT2D eigenvalue weighted by molar-refractivity contribution is -0.124. The largest absolute Gasteiger partial charge is 0.350 e. The lowest BCUT2D eigenvalue weighted by Gasteiger charge is -2.08. The first-order valence-corrected chi connectivity index (χ1v) is 6.34. The molecule has 0 unspecified atom stereocenters. The van der Waals surface area contributed by atoms with Crippen molar-refractivity contribution >= 4 is 5.91 Å². The number of aromatic nitrogens is 3. The average Bonchev–Trinajstić information content (AvgIpc) is 2.45. The van der Waals surface area contributed by atoms with Crippen LogP contribution in [0, 0.1) is 5.92 Å². The van der Waals surface area contributed by atoms with Gasteiger partial charge in [-0.05, 0) is 12.1 Å². The minimum Gasteiger partial charge on any atom is -0.350 e. The van der Waals surface area contributed by atoms with E-state index in [9.17, 15) is 9.59 Å². The van der Waals surface area contributed by atoms with Crippen molar-refractivity contribution in [1.82, 2.24) is 20.3 Å². The Bertz CT molecular complexity index is 650. The van der Waals surface area contributed by atoms with E-state index in [4.69, 9.17) is 0 Å². The summed E-state index contributed by atoms with van der Waals surface area (Å²) in [5.41, 5.74) is 0.982. The van der Waals surface area contributed by atoms with Crippen molar-refractivity contribution in [2.24, 2.45) is 5.92 Å². The number of carbonyl (C=O) groups is 1. The lowest BCUT2D eigenvalue weighted by Crippen LogP contribution is -2.28. The number of hydrogen-bond acceptors (Lipinski definition) is 4. The highest BCUT2D eigenvalue weighted by molar-refractivity contribution is 5.77. The first-order chi connectivity index (χ1) is 9.56. The first-order valence-electron chi connectivity index (χ1n) is 6.34. The zero-order chi connectivity index (χ0) is 14.5. The Hall–Kier alpha value is -2.50. The van der Waals surface area contributed by atoms with Crippen LogP contribution in [0.5, 0.6) is 0 Å². The van der Waals surface area contributed by atoms with Crippen LogP contribution in [-0.2, 0) is 11.3 Å². The second kappa shape index (κ2) is 6.10. The molecule has 20 heavy (non-hydrogen) atoms. The Balaban J connectivity index is 2.22. The summed E-state index contributed by atoms with van der Waals surface area (Å²) in [6.07, 6.45) is 3.27. The predicted octanol–water partition coefficient (Wildman–Crippen LogP) is 1.10. The Labute approximate surface area is 116 Å². The van der Waals surface area contributed by atoms with E-state index in [-0.39, 0.29) is 23.9 Å². The molecule has 0 spiro atoms. The molecule has 0 atom stereocenters. The molecule has 0 aromatic carbocycles. The molecule has 0 aliphatic rings. The van der Waals surface area contributed by atoms with E-state index in [0.717, 1.165) is 5.56 Å². The molecule has 0 fully saturated rings. The molecule has 0 bridgehead atoms. The van der Waals surface area contributed by atoms with Gasteiger partial charge in [-0.15, -0.1) is 0 Å². The molecule has 2 rings (SSSR count). The van der Waals surface area contributed by atoms with Gasteiger partial charge in [0.15, 0.2) is 0 Å². The molecular weight excluding hydrogens is 256 g/mol. The summed E-state index contributed by atoms with van der Waals surface area (Å²) in [6, 6.07) is 4.95. The van der Waals surface area contributed by atoms with E-state index >= 15 is 0 Å². The highest BCUT2D eigenvalue weighted by Crippen LogP contribution is 2.10. The van der Waals surface area contributed by atoms with Gasteiger partial charge in [0.1, 0.15) is 5.82 Å². The number of amides is 1. The van der Waals surface area contributed by atoms with Crippen LogP contribution in [0.3, 0.4) is 0 Å². The predicted molar refractivity (Wildman–Crippen MR) is 74.8 cm³/mol. The van der Waals surface area contributed by atoms with Gasteiger partial charge in [-0.1, -0.05) is 13.8 Å². The van der Waals surface area contributed by atoms with Crippen molar-refractivity contribution in [1.29, 1.82) is 0 Å². The van der Waals surface area contributed by atoms with Crippen LogP contribution in [0.1, 0.15) is 19.5 Å². The van der Waals surface area contributed by atoms with Gasteiger partial charge in [-0.3, -0.25) is 14.6 Å². The second-order valence-corrected chi connectivity index (χ2v) is 4.70. The number of aromatic amines is 1. The molecule has 2 heterocycles. The van der Waals surface area contributed by atoms with Crippen molar-refractivity contribution in [2.45, 2.75) is 20.4 Å². The fraction of sp³-hybridized carbons (Fsp3) is 0.286. The van der Waals surface area contributed by atoms with E-state index in [1.54, 1.807) is 18.5 Å². The molecule has 104 valence electrons. The molecule has 0 saturated carbocycles. The Morgan fingerprint density at radius 2 is 2.25 bits per heavy atom. The molecule has 0 aliphatic heterocycles. The zero-order valence-electron chi connectivity index (χ0n) is 11.4. The summed E-state index contributed by atoms with van der Waals surface area (Å²) >= 11 is 0. The van der Waals surface area contributed by atoms with E-state index in [1.165, 1.54) is 6.07 Å². The molecule has 2 aromatic heterocycles. The lowest BCUT2D eigenvalue weighted by atomic mass is 10.2. The molecular formula is C14H16N4O2. The minimum absolute atomic E-state index is 0.0741. The summed E-state index contributed by atoms with van der Waals surface area (Å²) < 4.78 is 0. The smallest absolute Gasteiger partial charge is 0.251 e. The number of carbonyl (C=O) groups excluding carboxylic acids is 1. The van der Waals surface area contributed by atoms with Crippen LogP contribution in [0.15, 0.2) is 35.4 Å². The van der Waals surface area contributed by atoms with Crippen LogP contribution in [0.25, 0.3) is 11.4 Å².